The monoisotopic (exact) mass is 358 g/mol. The van der Waals surface area contributed by atoms with Crippen molar-refractivity contribution in [2.75, 3.05) is 20.2 Å². The van der Waals surface area contributed by atoms with Crippen molar-refractivity contribution in [3.63, 3.8) is 0 Å². The molecule has 1 atom stereocenters. The van der Waals surface area contributed by atoms with Crippen LogP contribution >= 0.6 is 0 Å². The largest absolute Gasteiger partial charge is 0.497 e. The minimum absolute atomic E-state index is 0.175. The molecule has 0 bridgehead atoms. The second kappa shape index (κ2) is 8.01. The molecule has 2 amide bonds. The molecule has 0 saturated carbocycles. The number of carbonyl (C=O) groups is 2. The Hall–Kier alpha value is -2.87. The normalized spacial score (nSPS) is 16.4. The number of ether oxygens (including phenoxy) is 1. The Labute approximate surface area is 151 Å². The number of carbonyl (C=O) groups excluding carboxylic acids is 2. The Morgan fingerprint density at radius 3 is 2.92 bits per heavy atom. The van der Waals surface area contributed by atoms with Gasteiger partial charge in [-0.15, -0.1) is 0 Å². The summed E-state index contributed by atoms with van der Waals surface area (Å²) in [5.74, 6) is 0.144. The molecular formula is C18H22N4O4. The fourth-order valence-electron chi connectivity index (χ4n) is 2.79. The van der Waals surface area contributed by atoms with E-state index in [0.29, 0.717) is 6.54 Å². The number of β-amino-alcohol motifs (C(OH)–C–C–N with tert-alkyl or cyclic N) is 1. The summed E-state index contributed by atoms with van der Waals surface area (Å²) in [6, 6.07) is 9.26. The Kier molecular flexibility index (Phi) is 5.52. The number of hydrogen-bond donors (Lipinski definition) is 3. The maximum absolute atomic E-state index is 12.2. The smallest absolute Gasteiger partial charge is 0.271 e. The summed E-state index contributed by atoms with van der Waals surface area (Å²) < 4.78 is 6.50. The highest BCUT2D eigenvalue weighted by molar-refractivity contribution is 5.98. The quantitative estimate of drug-likeness (QED) is 0.647. The van der Waals surface area contributed by atoms with Gasteiger partial charge in [-0.05, 0) is 30.5 Å². The number of aromatic nitrogens is 2. The highest BCUT2D eigenvalue weighted by Crippen LogP contribution is 2.12. The summed E-state index contributed by atoms with van der Waals surface area (Å²) >= 11 is 0. The lowest BCUT2D eigenvalue weighted by atomic mass is 10.1. The zero-order chi connectivity index (χ0) is 18.5. The number of aliphatic hydroxyl groups excluding tert-OH is 1. The van der Waals surface area contributed by atoms with E-state index in [-0.39, 0.29) is 36.3 Å². The van der Waals surface area contributed by atoms with Crippen LogP contribution in [0, 0.1) is 0 Å². The van der Waals surface area contributed by atoms with Gasteiger partial charge in [0.05, 0.1) is 19.8 Å². The van der Waals surface area contributed by atoms with E-state index < -0.39 is 6.10 Å². The average Bonchev–Trinajstić information content (AvgIpc) is 3.02. The SMILES string of the molecule is COc1ccc(CCCNC(=O)c2cc3n(n2)CC(O)CNC3=O)cc1. The van der Waals surface area contributed by atoms with Gasteiger partial charge in [-0.25, -0.2) is 0 Å². The molecule has 1 aliphatic rings. The van der Waals surface area contributed by atoms with Crippen LogP contribution in [0.25, 0.3) is 0 Å². The molecule has 0 saturated heterocycles. The van der Waals surface area contributed by atoms with Crippen molar-refractivity contribution in [1.82, 2.24) is 20.4 Å². The number of amides is 2. The molecule has 3 N–H and O–H groups in total. The molecule has 1 aromatic carbocycles. The van der Waals surface area contributed by atoms with Crippen LogP contribution < -0.4 is 15.4 Å². The zero-order valence-electron chi connectivity index (χ0n) is 14.6. The first-order chi connectivity index (χ1) is 12.6. The third kappa shape index (κ3) is 4.20. The molecule has 0 aliphatic carbocycles. The van der Waals surface area contributed by atoms with Gasteiger partial charge in [0.25, 0.3) is 11.8 Å². The highest BCUT2D eigenvalue weighted by atomic mass is 16.5. The highest BCUT2D eigenvalue weighted by Gasteiger charge is 2.24. The van der Waals surface area contributed by atoms with Gasteiger partial charge >= 0.3 is 0 Å². The van der Waals surface area contributed by atoms with E-state index >= 15 is 0 Å². The van der Waals surface area contributed by atoms with Crippen molar-refractivity contribution < 1.29 is 19.4 Å². The lowest BCUT2D eigenvalue weighted by molar-refractivity contribution is 0.0931. The van der Waals surface area contributed by atoms with E-state index in [4.69, 9.17) is 4.74 Å². The first-order valence-corrected chi connectivity index (χ1v) is 8.52. The van der Waals surface area contributed by atoms with Gasteiger partial charge in [0.1, 0.15) is 11.4 Å². The molecule has 1 unspecified atom stereocenters. The van der Waals surface area contributed by atoms with Crippen LogP contribution in [0.1, 0.15) is 33.0 Å². The van der Waals surface area contributed by atoms with Gasteiger partial charge in [-0.1, -0.05) is 12.1 Å². The molecule has 0 radical (unpaired) electrons. The van der Waals surface area contributed by atoms with Gasteiger partial charge in [-0.2, -0.15) is 5.10 Å². The van der Waals surface area contributed by atoms with Crippen molar-refractivity contribution in [3.05, 3.63) is 47.3 Å². The van der Waals surface area contributed by atoms with Crippen LogP contribution in [0.3, 0.4) is 0 Å². The Bertz CT molecular complexity index is 785. The molecule has 26 heavy (non-hydrogen) atoms. The van der Waals surface area contributed by atoms with Crippen molar-refractivity contribution >= 4 is 11.8 Å². The first-order valence-electron chi connectivity index (χ1n) is 8.52. The van der Waals surface area contributed by atoms with Gasteiger partial charge in [0, 0.05) is 19.2 Å². The first kappa shape index (κ1) is 17.9. The third-order valence-electron chi connectivity index (χ3n) is 4.21. The zero-order valence-corrected chi connectivity index (χ0v) is 14.6. The lowest BCUT2D eigenvalue weighted by Gasteiger charge is -2.06. The maximum atomic E-state index is 12.2. The number of rotatable bonds is 6. The molecule has 2 aromatic rings. The number of aliphatic hydroxyl groups is 1. The van der Waals surface area contributed by atoms with Crippen molar-refractivity contribution in [3.8, 4) is 5.75 Å². The Morgan fingerprint density at radius 2 is 2.19 bits per heavy atom. The molecule has 8 nitrogen and oxygen atoms in total. The molecule has 1 aliphatic heterocycles. The van der Waals surface area contributed by atoms with E-state index in [9.17, 15) is 14.7 Å². The molecule has 0 fully saturated rings. The second-order valence-corrected chi connectivity index (χ2v) is 6.17. The molecule has 1 aromatic heterocycles. The predicted octanol–water partition coefficient (Wildman–Crippen LogP) is 0.359. The third-order valence-corrected chi connectivity index (χ3v) is 4.21. The second-order valence-electron chi connectivity index (χ2n) is 6.17. The summed E-state index contributed by atoms with van der Waals surface area (Å²) in [6.07, 6.45) is 0.893. The van der Waals surface area contributed by atoms with Gasteiger partial charge < -0.3 is 20.5 Å². The van der Waals surface area contributed by atoms with Gasteiger partial charge in [0.2, 0.25) is 0 Å². The van der Waals surface area contributed by atoms with Crippen molar-refractivity contribution in [2.24, 2.45) is 0 Å². The summed E-state index contributed by atoms with van der Waals surface area (Å²) in [5, 5.41) is 19.3. The molecule has 0 spiro atoms. The summed E-state index contributed by atoms with van der Waals surface area (Å²) in [7, 11) is 1.63. The fourth-order valence-corrected chi connectivity index (χ4v) is 2.79. The topological polar surface area (TPSA) is 105 Å². The van der Waals surface area contributed by atoms with Gasteiger partial charge in [-0.3, -0.25) is 14.3 Å². The standard InChI is InChI=1S/C18H22N4O4/c1-26-14-6-4-12(5-7-14)3-2-8-19-17(24)15-9-16-18(25)20-10-13(23)11-22(16)21-15/h4-7,9,13,23H,2-3,8,10-11H2,1H3,(H,19,24)(H,20,25). The molecular weight excluding hydrogens is 336 g/mol. The van der Waals surface area contributed by atoms with E-state index in [1.165, 1.54) is 16.3 Å². The fraction of sp³-hybridized carbons (Fsp3) is 0.389. The van der Waals surface area contributed by atoms with E-state index in [0.717, 1.165) is 18.6 Å². The average molecular weight is 358 g/mol. The number of nitrogens with one attached hydrogen (secondary N) is 2. The summed E-state index contributed by atoms with van der Waals surface area (Å²) in [6.45, 7) is 0.857. The Balaban J connectivity index is 1.51. The number of methoxy groups -OCH3 is 1. The minimum Gasteiger partial charge on any atom is -0.497 e. The number of hydrogen-bond acceptors (Lipinski definition) is 5. The number of benzene rings is 1. The van der Waals surface area contributed by atoms with E-state index in [2.05, 4.69) is 15.7 Å². The Morgan fingerprint density at radius 1 is 1.42 bits per heavy atom. The molecule has 8 heteroatoms. The molecule has 2 heterocycles. The summed E-state index contributed by atoms with van der Waals surface area (Å²) in [5.41, 5.74) is 1.62. The van der Waals surface area contributed by atoms with Crippen LogP contribution in [0.4, 0.5) is 0 Å². The van der Waals surface area contributed by atoms with Gasteiger partial charge in [0.15, 0.2) is 5.69 Å². The van der Waals surface area contributed by atoms with E-state index in [1.54, 1.807) is 7.11 Å². The van der Waals surface area contributed by atoms with Crippen LogP contribution in [0.2, 0.25) is 0 Å². The number of fused-ring (bicyclic) bond motifs is 1. The van der Waals surface area contributed by atoms with Crippen LogP contribution in [-0.4, -0.2) is 53.0 Å². The van der Waals surface area contributed by atoms with Crippen molar-refractivity contribution in [2.45, 2.75) is 25.5 Å². The predicted molar refractivity (Wildman–Crippen MR) is 94.2 cm³/mol. The molecule has 138 valence electrons. The minimum atomic E-state index is -0.722. The summed E-state index contributed by atoms with van der Waals surface area (Å²) in [4.78, 5) is 24.2. The van der Waals surface area contributed by atoms with Crippen LogP contribution in [0.15, 0.2) is 30.3 Å². The van der Waals surface area contributed by atoms with E-state index in [1.807, 2.05) is 24.3 Å². The molecule has 3 rings (SSSR count). The lowest BCUT2D eigenvalue weighted by Crippen LogP contribution is -2.30. The number of aryl methyl sites for hydroxylation is 1. The van der Waals surface area contributed by atoms with Crippen LogP contribution in [-0.2, 0) is 13.0 Å². The van der Waals surface area contributed by atoms with Crippen LogP contribution in [0.5, 0.6) is 5.75 Å². The van der Waals surface area contributed by atoms with Crippen molar-refractivity contribution in [1.29, 1.82) is 0 Å². The maximum Gasteiger partial charge on any atom is 0.271 e. The number of nitrogens with zero attached hydrogens (tertiary/aromatic N) is 2.